The Balaban J connectivity index is 1.61. The maximum Gasteiger partial charge on any atom is 0.0926 e. The lowest BCUT2D eigenvalue weighted by Gasteiger charge is -2.31. The molecule has 0 radical (unpaired) electrons. The van der Waals surface area contributed by atoms with Gasteiger partial charge >= 0.3 is 0 Å². The third-order valence-electron chi connectivity index (χ3n) is 3.93. The van der Waals surface area contributed by atoms with Crippen LogP contribution in [0.1, 0.15) is 37.4 Å². The Morgan fingerprint density at radius 2 is 2.25 bits per heavy atom. The molecule has 1 aliphatic heterocycles. The number of likely N-dealkylation sites (tertiary alicyclic amines) is 1. The molecule has 0 bridgehead atoms. The van der Waals surface area contributed by atoms with Crippen LogP contribution in [-0.4, -0.2) is 47.3 Å². The number of β-amino-alcohol motifs (C(OH)–C–C–N with tert-alkyl or cyclic N) is 1. The number of hydrogen-bond acceptors (Lipinski definition) is 5. The molecule has 4 nitrogen and oxygen atoms in total. The summed E-state index contributed by atoms with van der Waals surface area (Å²) in [6, 6.07) is 0. The van der Waals surface area contributed by atoms with Crippen molar-refractivity contribution < 1.29 is 5.11 Å². The average Bonchev–Trinajstić information content (AvgIpc) is 2.89. The average molecular weight is 297 g/mol. The van der Waals surface area contributed by atoms with Gasteiger partial charge in [0.1, 0.15) is 0 Å². The molecule has 0 spiro atoms. The van der Waals surface area contributed by atoms with Gasteiger partial charge in [0.05, 0.1) is 16.8 Å². The van der Waals surface area contributed by atoms with E-state index in [1.54, 1.807) is 11.3 Å². The molecule has 0 aliphatic carbocycles. The molecule has 2 heterocycles. The highest BCUT2D eigenvalue weighted by Gasteiger charge is 2.18. The number of aryl methyl sites for hydroxylation is 1. The van der Waals surface area contributed by atoms with Crippen LogP contribution >= 0.6 is 11.3 Å². The largest absolute Gasteiger partial charge is 0.390 e. The van der Waals surface area contributed by atoms with Crippen molar-refractivity contribution >= 4 is 11.3 Å². The molecule has 0 aromatic carbocycles. The van der Waals surface area contributed by atoms with Crippen LogP contribution in [0.4, 0.5) is 0 Å². The lowest BCUT2D eigenvalue weighted by Crippen LogP contribution is -2.41. The van der Waals surface area contributed by atoms with Gasteiger partial charge in [-0.1, -0.05) is 13.8 Å². The van der Waals surface area contributed by atoms with Crippen LogP contribution in [0.15, 0.2) is 5.38 Å². The number of piperidine rings is 1. The fourth-order valence-electron chi connectivity index (χ4n) is 2.57. The predicted octanol–water partition coefficient (Wildman–Crippen LogP) is 1.89. The molecule has 0 saturated carbocycles. The number of aliphatic hydroxyl groups is 1. The summed E-state index contributed by atoms with van der Waals surface area (Å²) < 4.78 is 0. The van der Waals surface area contributed by atoms with Gasteiger partial charge < -0.3 is 15.3 Å². The van der Waals surface area contributed by atoms with Crippen LogP contribution in [0.3, 0.4) is 0 Å². The Hall–Kier alpha value is -0.490. The molecule has 1 atom stereocenters. The standard InChI is InChI=1S/C15H27N3OS/c1-3-15-17-13(11-20-15)8-16-9-14(19)10-18-6-4-12(2)5-7-18/h11-12,14,16,19H,3-10H2,1-2H3. The Morgan fingerprint density at radius 1 is 1.50 bits per heavy atom. The fraction of sp³-hybridized carbons (Fsp3) is 0.800. The first-order valence-electron chi connectivity index (χ1n) is 7.71. The van der Waals surface area contributed by atoms with Gasteiger partial charge in [0, 0.05) is 25.0 Å². The second-order valence-electron chi connectivity index (χ2n) is 5.85. The molecule has 20 heavy (non-hydrogen) atoms. The Labute approximate surface area is 126 Å². The van der Waals surface area contributed by atoms with Crippen LogP contribution in [0.2, 0.25) is 0 Å². The van der Waals surface area contributed by atoms with Crippen molar-refractivity contribution in [2.75, 3.05) is 26.2 Å². The highest BCUT2D eigenvalue weighted by atomic mass is 32.1. The topological polar surface area (TPSA) is 48.4 Å². The molecule has 2 N–H and O–H groups in total. The van der Waals surface area contributed by atoms with E-state index in [2.05, 4.69) is 34.4 Å². The lowest BCUT2D eigenvalue weighted by molar-refractivity contribution is 0.0906. The van der Waals surface area contributed by atoms with Gasteiger partial charge in [-0.3, -0.25) is 0 Å². The Bertz CT molecular complexity index is 388. The number of thiazole rings is 1. The van der Waals surface area contributed by atoms with Crippen molar-refractivity contribution in [1.82, 2.24) is 15.2 Å². The van der Waals surface area contributed by atoms with Gasteiger partial charge in [-0.2, -0.15) is 0 Å². The molecule has 1 aromatic rings. The zero-order valence-corrected chi connectivity index (χ0v) is 13.5. The van der Waals surface area contributed by atoms with E-state index >= 15 is 0 Å². The molecule has 1 saturated heterocycles. The van der Waals surface area contributed by atoms with Crippen LogP contribution in [0.25, 0.3) is 0 Å². The maximum absolute atomic E-state index is 10.1. The van der Waals surface area contributed by atoms with Gasteiger partial charge in [0.25, 0.3) is 0 Å². The molecule has 0 amide bonds. The first-order chi connectivity index (χ1) is 9.67. The minimum Gasteiger partial charge on any atom is -0.390 e. The Kier molecular flexibility index (Phi) is 6.42. The summed E-state index contributed by atoms with van der Waals surface area (Å²) in [5, 5.41) is 16.7. The second-order valence-corrected chi connectivity index (χ2v) is 6.80. The van der Waals surface area contributed by atoms with Gasteiger partial charge in [0.2, 0.25) is 0 Å². The van der Waals surface area contributed by atoms with Crippen LogP contribution < -0.4 is 5.32 Å². The zero-order valence-electron chi connectivity index (χ0n) is 12.6. The first-order valence-corrected chi connectivity index (χ1v) is 8.59. The van der Waals surface area contributed by atoms with Crippen molar-refractivity contribution in [3.05, 3.63) is 16.1 Å². The lowest BCUT2D eigenvalue weighted by atomic mass is 9.99. The smallest absolute Gasteiger partial charge is 0.0926 e. The van der Waals surface area contributed by atoms with E-state index in [0.717, 1.165) is 44.2 Å². The van der Waals surface area contributed by atoms with Crippen molar-refractivity contribution in [2.24, 2.45) is 5.92 Å². The van der Waals surface area contributed by atoms with Gasteiger partial charge in [-0.25, -0.2) is 4.98 Å². The highest BCUT2D eigenvalue weighted by Crippen LogP contribution is 2.15. The molecular weight excluding hydrogens is 270 g/mol. The second kappa shape index (κ2) is 8.08. The molecule has 2 rings (SSSR count). The zero-order chi connectivity index (χ0) is 14.4. The van der Waals surface area contributed by atoms with Gasteiger partial charge in [-0.05, 0) is 38.3 Å². The summed E-state index contributed by atoms with van der Waals surface area (Å²) in [7, 11) is 0. The summed E-state index contributed by atoms with van der Waals surface area (Å²) in [6.45, 7) is 8.88. The number of aromatic nitrogens is 1. The molecular formula is C15H27N3OS. The summed E-state index contributed by atoms with van der Waals surface area (Å²) in [4.78, 5) is 6.89. The number of rotatable bonds is 7. The van der Waals surface area contributed by atoms with Crippen molar-refractivity contribution in [3.63, 3.8) is 0 Å². The summed E-state index contributed by atoms with van der Waals surface area (Å²) in [5.41, 5.74) is 1.09. The van der Waals surface area contributed by atoms with E-state index < -0.39 is 0 Å². The molecule has 1 aromatic heterocycles. The molecule has 1 aliphatic rings. The van der Waals surface area contributed by atoms with Crippen molar-refractivity contribution in [3.8, 4) is 0 Å². The minimum absolute atomic E-state index is 0.285. The van der Waals surface area contributed by atoms with E-state index in [0.29, 0.717) is 6.54 Å². The SMILES string of the molecule is CCc1nc(CNCC(O)CN2CCC(C)CC2)cs1. The van der Waals surface area contributed by atoms with Gasteiger partial charge in [-0.15, -0.1) is 11.3 Å². The number of nitrogens with zero attached hydrogens (tertiary/aromatic N) is 2. The van der Waals surface area contributed by atoms with Crippen molar-refractivity contribution in [1.29, 1.82) is 0 Å². The number of aliphatic hydroxyl groups excluding tert-OH is 1. The highest BCUT2D eigenvalue weighted by molar-refractivity contribution is 7.09. The minimum atomic E-state index is -0.285. The van der Waals surface area contributed by atoms with Crippen molar-refractivity contribution in [2.45, 2.75) is 45.8 Å². The molecule has 114 valence electrons. The fourth-order valence-corrected chi connectivity index (χ4v) is 3.31. The summed E-state index contributed by atoms with van der Waals surface area (Å²) >= 11 is 1.72. The predicted molar refractivity (Wildman–Crippen MR) is 84.0 cm³/mol. The van der Waals surface area contributed by atoms with Gasteiger partial charge in [0.15, 0.2) is 0 Å². The van der Waals surface area contributed by atoms with Crippen LogP contribution in [0.5, 0.6) is 0 Å². The molecule has 1 fully saturated rings. The van der Waals surface area contributed by atoms with E-state index in [1.807, 2.05) is 0 Å². The van der Waals surface area contributed by atoms with Crippen LogP contribution in [-0.2, 0) is 13.0 Å². The third kappa shape index (κ3) is 5.13. The monoisotopic (exact) mass is 297 g/mol. The molecule has 5 heteroatoms. The maximum atomic E-state index is 10.1. The quantitative estimate of drug-likeness (QED) is 0.807. The number of nitrogens with one attached hydrogen (secondary N) is 1. The van der Waals surface area contributed by atoms with E-state index in [1.165, 1.54) is 17.8 Å². The molecule has 1 unspecified atom stereocenters. The normalized spacial score (nSPS) is 19.4. The van der Waals surface area contributed by atoms with E-state index in [9.17, 15) is 5.11 Å². The number of hydrogen-bond donors (Lipinski definition) is 2. The summed E-state index contributed by atoms with van der Waals surface area (Å²) in [5.74, 6) is 0.846. The van der Waals surface area contributed by atoms with E-state index in [4.69, 9.17) is 0 Å². The third-order valence-corrected chi connectivity index (χ3v) is 4.98. The van der Waals surface area contributed by atoms with Crippen LogP contribution in [0, 0.1) is 5.92 Å². The summed E-state index contributed by atoms with van der Waals surface area (Å²) in [6.07, 6.45) is 3.24. The Morgan fingerprint density at radius 3 is 2.90 bits per heavy atom. The van der Waals surface area contributed by atoms with E-state index in [-0.39, 0.29) is 6.10 Å². The first kappa shape index (κ1) is 15.9.